The van der Waals surface area contributed by atoms with E-state index in [2.05, 4.69) is 17.5 Å². The van der Waals surface area contributed by atoms with Crippen molar-refractivity contribution in [2.24, 2.45) is 0 Å². The Balaban J connectivity index is 2.00. The highest BCUT2D eigenvalue weighted by Gasteiger charge is 2.11. The van der Waals surface area contributed by atoms with Crippen LogP contribution in [0.15, 0.2) is 30.4 Å². The molecular formula is C15H21NO2. The molecule has 1 unspecified atom stereocenters. The van der Waals surface area contributed by atoms with Crippen LogP contribution >= 0.6 is 0 Å². The minimum Gasteiger partial charge on any atom is -0.497 e. The Hall–Kier alpha value is -1.48. The molecule has 0 spiro atoms. The molecule has 1 aromatic rings. The number of methoxy groups -OCH3 is 2. The van der Waals surface area contributed by atoms with Crippen LogP contribution in [-0.2, 0) is 6.54 Å². The Bertz CT molecular complexity index is 415. The van der Waals surface area contributed by atoms with Crippen molar-refractivity contribution in [2.75, 3.05) is 14.2 Å². The standard InChI is InChI=1S/C15H21NO2/c1-17-14-8-9-15(18-2)12(10-14)11-16-13-6-4-3-5-7-13/h3-4,8-10,13,16H,5-7,11H2,1-2H3. The van der Waals surface area contributed by atoms with Gasteiger partial charge in [-0.1, -0.05) is 12.2 Å². The summed E-state index contributed by atoms with van der Waals surface area (Å²) in [4.78, 5) is 0. The second kappa shape index (κ2) is 6.45. The topological polar surface area (TPSA) is 30.5 Å². The number of rotatable bonds is 5. The summed E-state index contributed by atoms with van der Waals surface area (Å²) in [6.45, 7) is 0.818. The summed E-state index contributed by atoms with van der Waals surface area (Å²) in [5.74, 6) is 1.78. The highest BCUT2D eigenvalue weighted by molar-refractivity contribution is 5.40. The van der Waals surface area contributed by atoms with Crippen molar-refractivity contribution in [1.82, 2.24) is 5.32 Å². The van der Waals surface area contributed by atoms with Gasteiger partial charge < -0.3 is 14.8 Å². The lowest BCUT2D eigenvalue weighted by atomic mass is 10.0. The first-order chi connectivity index (χ1) is 8.83. The molecule has 18 heavy (non-hydrogen) atoms. The van der Waals surface area contributed by atoms with Gasteiger partial charge in [-0.15, -0.1) is 0 Å². The maximum absolute atomic E-state index is 5.38. The second-order valence-electron chi connectivity index (χ2n) is 4.54. The Morgan fingerprint density at radius 1 is 1.22 bits per heavy atom. The van der Waals surface area contributed by atoms with Crippen LogP contribution in [-0.4, -0.2) is 20.3 Å². The molecule has 3 heteroatoms. The molecule has 0 saturated heterocycles. The normalized spacial score (nSPS) is 18.7. The molecule has 0 heterocycles. The molecular weight excluding hydrogens is 226 g/mol. The third kappa shape index (κ3) is 3.26. The Morgan fingerprint density at radius 2 is 2.11 bits per heavy atom. The fourth-order valence-corrected chi connectivity index (χ4v) is 2.25. The third-order valence-electron chi connectivity index (χ3n) is 3.34. The Kier molecular flexibility index (Phi) is 4.65. The molecule has 0 fully saturated rings. The van der Waals surface area contributed by atoms with E-state index in [4.69, 9.17) is 9.47 Å². The molecule has 1 aromatic carbocycles. The van der Waals surface area contributed by atoms with Gasteiger partial charge in [-0.05, 0) is 37.5 Å². The van der Waals surface area contributed by atoms with Gasteiger partial charge in [0.25, 0.3) is 0 Å². The highest BCUT2D eigenvalue weighted by Crippen LogP contribution is 2.24. The monoisotopic (exact) mass is 247 g/mol. The van der Waals surface area contributed by atoms with Crippen LogP contribution in [0.5, 0.6) is 11.5 Å². The van der Waals surface area contributed by atoms with Crippen molar-refractivity contribution in [3.63, 3.8) is 0 Å². The molecule has 0 bridgehead atoms. The van der Waals surface area contributed by atoms with Crippen molar-refractivity contribution >= 4 is 0 Å². The summed E-state index contributed by atoms with van der Waals surface area (Å²) in [7, 11) is 3.39. The van der Waals surface area contributed by atoms with Crippen molar-refractivity contribution in [2.45, 2.75) is 31.8 Å². The molecule has 1 N–H and O–H groups in total. The molecule has 0 amide bonds. The number of hydrogen-bond donors (Lipinski definition) is 1. The minimum atomic E-state index is 0.575. The number of allylic oxidation sites excluding steroid dienone is 1. The zero-order chi connectivity index (χ0) is 12.8. The van der Waals surface area contributed by atoms with Gasteiger partial charge in [-0.3, -0.25) is 0 Å². The maximum atomic E-state index is 5.38. The first-order valence-electron chi connectivity index (χ1n) is 6.42. The first kappa shape index (κ1) is 13.0. The van der Waals surface area contributed by atoms with Crippen LogP contribution in [0, 0.1) is 0 Å². The minimum absolute atomic E-state index is 0.575. The van der Waals surface area contributed by atoms with Crippen molar-refractivity contribution in [1.29, 1.82) is 0 Å². The average molecular weight is 247 g/mol. The highest BCUT2D eigenvalue weighted by atomic mass is 16.5. The molecule has 0 aromatic heterocycles. The SMILES string of the molecule is COc1ccc(OC)c(CNC2CC=CCC2)c1. The van der Waals surface area contributed by atoms with Gasteiger partial charge in [0, 0.05) is 18.2 Å². The molecule has 1 aliphatic rings. The van der Waals surface area contributed by atoms with E-state index in [0.717, 1.165) is 30.0 Å². The van der Waals surface area contributed by atoms with Gasteiger partial charge >= 0.3 is 0 Å². The van der Waals surface area contributed by atoms with E-state index in [-0.39, 0.29) is 0 Å². The van der Waals surface area contributed by atoms with Crippen LogP contribution in [0.25, 0.3) is 0 Å². The molecule has 2 rings (SSSR count). The summed E-state index contributed by atoms with van der Waals surface area (Å²) in [6, 6.07) is 6.48. The lowest BCUT2D eigenvalue weighted by Gasteiger charge is -2.20. The van der Waals surface area contributed by atoms with E-state index < -0.39 is 0 Å². The quantitative estimate of drug-likeness (QED) is 0.812. The Morgan fingerprint density at radius 3 is 2.78 bits per heavy atom. The fraction of sp³-hybridized carbons (Fsp3) is 0.467. The molecule has 3 nitrogen and oxygen atoms in total. The maximum Gasteiger partial charge on any atom is 0.123 e. The van der Waals surface area contributed by atoms with Crippen molar-refractivity contribution in [3.8, 4) is 11.5 Å². The molecule has 0 radical (unpaired) electrons. The number of ether oxygens (including phenoxy) is 2. The van der Waals surface area contributed by atoms with Crippen LogP contribution in [0.1, 0.15) is 24.8 Å². The second-order valence-corrected chi connectivity index (χ2v) is 4.54. The van der Waals surface area contributed by atoms with E-state index in [0.29, 0.717) is 6.04 Å². The van der Waals surface area contributed by atoms with Crippen LogP contribution < -0.4 is 14.8 Å². The Labute approximate surface area is 109 Å². The van der Waals surface area contributed by atoms with Gasteiger partial charge in [-0.2, -0.15) is 0 Å². The predicted molar refractivity (Wildman–Crippen MR) is 73.2 cm³/mol. The van der Waals surface area contributed by atoms with E-state index in [1.54, 1.807) is 14.2 Å². The van der Waals surface area contributed by atoms with Crippen LogP contribution in [0.3, 0.4) is 0 Å². The van der Waals surface area contributed by atoms with E-state index in [1.807, 2.05) is 18.2 Å². The molecule has 1 atom stereocenters. The van der Waals surface area contributed by atoms with Gasteiger partial charge in [0.15, 0.2) is 0 Å². The average Bonchev–Trinajstić information content (AvgIpc) is 2.45. The van der Waals surface area contributed by atoms with Gasteiger partial charge in [0.2, 0.25) is 0 Å². The first-order valence-corrected chi connectivity index (χ1v) is 6.42. The molecule has 98 valence electrons. The number of nitrogens with one attached hydrogen (secondary N) is 1. The number of hydrogen-bond acceptors (Lipinski definition) is 3. The molecule has 1 aliphatic carbocycles. The summed E-state index contributed by atoms with van der Waals surface area (Å²) >= 11 is 0. The third-order valence-corrected chi connectivity index (χ3v) is 3.34. The zero-order valence-corrected chi connectivity index (χ0v) is 11.1. The van der Waals surface area contributed by atoms with E-state index in [9.17, 15) is 0 Å². The van der Waals surface area contributed by atoms with Gasteiger partial charge in [0.1, 0.15) is 11.5 Å². The summed E-state index contributed by atoms with van der Waals surface area (Å²) < 4.78 is 10.6. The van der Waals surface area contributed by atoms with Crippen LogP contribution in [0.2, 0.25) is 0 Å². The van der Waals surface area contributed by atoms with E-state index in [1.165, 1.54) is 12.8 Å². The predicted octanol–water partition coefficient (Wildman–Crippen LogP) is 2.90. The van der Waals surface area contributed by atoms with E-state index >= 15 is 0 Å². The summed E-state index contributed by atoms with van der Waals surface area (Å²) in [5.41, 5.74) is 1.14. The lowest BCUT2D eigenvalue weighted by Crippen LogP contribution is -2.29. The summed E-state index contributed by atoms with van der Waals surface area (Å²) in [5, 5.41) is 3.58. The zero-order valence-electron chi connectivity index (χ0n) is 11.1. The van der Waals surface area contributed by atoms with Crippen molar-refractivity contribution < 1.29 is 9.47 Å². The van der Waals surface area contributed by atoms with Crippen molar-refractivity contribution in [3.05, 3.63) is 35.9 Å². The van der Waals surface area contributed by atoms with Crippen LogP contribution in [0.4, 0.5) is 0 Å². The fourth-order valence-electron chi connectivity index (χ4n) is 2.25. The largest absolute Gasteiger partial charge is 0.497 e. The van der Waals surface area contributed by atoms with Gasteiger partial charge in [-0.25, -0.2) is 0 Å². The summed E-state index contributed by atoms with van der Waals surface area (Å²) in [6.07, 6.45) is 8.01. The lowest BCUT2D eigenvalue weighted by molar-refractivity contribution is 0.393. The smallest absolute Gasteiger partial charge is 0.123 e. The molecule has 0 aliphatic heterocycles. The van der Waals surface area contributed by atoms with Gasteiger partial charge in [0.05, 0.1) is 14.2 Å². The molecule has 0 saturated carbocycles. The number of benzene rings is 1.